The van der Waals surface area contributed by atoms with Crippen LogP contribution >= 0.6 is 11.3 Å². The van der Waals surface area contributed by atoms with Gasteiger partial charge in [0.15, 0.2) is 0 Å². The maximum atomic E-state index is 12.4. The highest BCUT2D eigenvalue weighted by molar-refractivity contribution is 7.17. The number of benzene rings is 2. The van der Waals surface area contributed by atoms with E-state index in [4.69, 9.17) is 10.5 Å². The number of nitrogens with two attached hydrogens (primary N) is 1. The number of thiophene rings is 1. The van der Waals surface area contributed by atoms with Crippen molar-refractivity contribution in [3.8, 4) is 16.9 Å². The summed E-state index contributed by atoms with van der Waals surface area (Å²) in [6.07, 6.45) is 0.855. The van der Waals surface area contributed by atoms with Crippen molar-refractivity contribution in [3.05, 3.63) is 63.3 Å². The van der Waals surface area contributed by atoms with Crippen molar-refractivity contribution in [2.45, 2.75) is 13.3 Å². The summed E-state index contributed by atoms with van der Waals surface area (Å²) in [6, 6.07) is 12.4. The molecule has 0 aliphatic carbocycles. The van der Waals surface area contributed by atoms with Gasteiger partial charge >= 0.3 is 0 Å². The molecule has 4 nitrogen and oxygen atoms in total. The maximum Gasteiger partial charge on any atom is 0.266 e. The van der Waals surface area contributed by atoms with E-state index >= 15 is 0 Å². The molecule has 0 saturated heterocycles. The number of fused-ring (bicyclic) bond motifs is 3. The van der Waals surface area contributed by atoms with E-state index in [-0.39, 0.29) is 5.56 Å². The number of aromatic nitrogens is 1. The summed E-state index contributed by atoms with van der Waals surface area (Å²) in [7, 11) is 1.68. The number of hydrogen-bond acceptors (Lipinski definition) is 4. The zero-order chi connectivity index (χ0) is 18.3. The minimum Gasteiger partial charge on any atom is -0.496 e. The number of H-pyrrole nitrogens is 1. The maximum absolute atomic E-state index is 12.4. The van der Waals surface area contributed by atoms with Crippen LogP contribution in [0.25, 0.3) is 32.1 Å². The Morgan fingerprint density at radius 2 is 1.96 bits per heavy atom. The van der Waals surface area contributed by atoms with E-state index in [0.29, 0.717) is 6.54 Å². The largest absolute Gasteiger partial charge is 0.496 e. The van der Waals surface area contributed by atoms with Crippen molar-refractivity contribution in [3.63, 3.8) is 0 Å². The molecule has 0 saturated carbocycles. The summed E-state index contributed by atoms with van der Waals surface area (Å²) >= 11 is 1.46. The van der Waals surface area contributed by atoms with Crippen molar-refractivity contribution in [2.75, 3.05) is 13.7 Å². The molecule has 0 bridgehead atoms. The van der Waals surface area contributed by atoms with Gasteiger partial charge < -0.3 is 15.5 Å². The quantitative estimate of drug-likeness (QED) is 0.569. The van der Waals surface area contributed by atoms with Gasteiger partial charge in [-0.1, -0.05) is 24.3 Å². The zero-order valence-corrected chi connectivity index (χ0v) is 15.6. The van der Waals surface area contributed by atoms with Gasteiger partial charge in [-0.3, -0.25) is 4.79 Å². The molecule has 0 amide bonds. The summed E-state index contributed by atoms with van der Waals surface area (Å²) in [5.74, 6) is 0.807. The predicted molar refractivity (Wildman–Crippen MR) is 109 cm³/mol. The summed E-state index contributed by atoms with van der Waals surface area (Å²) < 4.78 is 6.46. The van der Waals surface area contributed by atoms with Crippen molar-refractivity contribution in [1.29, 1.82) is 0 Å². The van der Waals surface area contributed by atoms with Crippen LogP contribution in [0.5, 0.6) is 5.75 Å². The van der Waals surface area contributed by atoms with Crippen LogP contribution in [0.2, 0.25) is 0 Å². The van der Waals surface area contributed by atoms with Crippen LogP contribution in [-0.4, -0.2) is 18.6 Å². The minimum absolute atomic E-state index is 0.0417. The molecule has 0 atom stereocenters. The van der Waals surface area contributed by atoms with E-state index in [1.165, 1.54) is 16.9 Å². The fourth-order valence-electron chi connectivity index (χ4n) is 3.52. The molecule has 4 aromatic rings. The Morgan fingerprint density at radius 3 is 2.65 bits per heavy atom. The molecule has 0 aliphatic rings. The molecule has 0 fully saturated rings. The van der Waals surface area contributed by atoms with Crippen molar-refractivity contribution >= 4 is 32.3 Å². The zero-order valence-electron chi connectivity index (χ0n) is 14.8. The van der Waals surface area contributed by atoms with Crippen molar-refractivity contribution in [2.24, 2.45) is 5.73 Å². The number of aryl methyl sites for hydroxylation is 1. The molecule has 0 aliphatic heterocycles. The number of pyridine rings is 1. The first-order chi connectivity index (χ1) is 12.6. The molecule has 0 radical (unpaired) electrons. The number of aromatic amines is 1. The second-order valence-electron chi connectivity index (χ2n) is 6.37. The summed E-state index contributed by atoms with van der Waals surface area (Å²) in [5, 5.41) is 3.96. The molecule has 2 aromatic heterocycles. The van der Waals surface area contributed by atoms with Gasteiger partial charge in [-0.25, -0.2) is 0 Å². The first-order valence-corrected chi connectivity index (χ1v) is 9.42. The predicted octanol–water partition coefficient (Wildman–Crippen LogP) is 4.23. The second-order valence-corrected chi connectivity index (χ2v) is 7.29. The molecule has 0 spiro atoms. The molecule has 26 heavy (non-hydrogen) atoms. The van der Waals surface area contributed by atoms with Crippen LogP contribution in [0.1, 0.15) is 11.1 Å². The average Bonchev–Trinajstić information content (AvgIpc) is 3.14. The Balaban J connectivity index is 2.11. The number of nitrogens with one attached hydrogen (secondary N) is 1. The fraction of sp³-hybridized carbons (Fsp3) is 0.190. The smallest absolute Gasteiger partial charge is 0.266 e. The molecular weight excluding hydrogens is 344 g/mol. The van der Waals surface area contributed by atoms with Crippen LogP contribution in [-0.2, 0) is 6.42 Å². The average molecular weight is 364 g/mol. The Kier molecular flexibility index (Phi) is 4.26. The van der Waals surface area contributed by atoms with E-state index in [9.17, 15) is 4.79 Å². The molecule has 2 heterocycles. The number of methoxy groups -OCH3 is 1. The fourth-order valence-corrected chi connectivity index (χ4v) is 4.32. The van der Waals surface area contributed by atoms with E-state index in [1.54, 1.807) is 7.11 Å². The third-order valence-electron chi connectivity index (χ3n) is 4.76. The highest BCUT2D eigenvalue weighted by Gasteiger charge is 2.18. The van der Waals surface area contributed by atoms with E-state index < -0.39 is 0 Å². The van der Waals surface area contributed by atoms with E-state index in [1.807, 2.05) is 24.4 Å². The monoisotopic (exact) mass is 364 g/mol. The van der Waals surface area contributed by atoms with Crippen molar-refractivity contribution < 1.29 is 4.74 Å². The summed E-state index contributed by atoms with van der Waals surface area (Å²) in [5.41, 5.74) is 10.7. The van der Waals surface area contributed by atoms with E-state index in [0.717, 1.165) is 49.8 Å². The van der Waals surface area contributed by atoms with Gasteiger partial charge in [-0.05, 0) is 54.1 Å². The first-order valence-electron chi connectivity index (χ1n) is 8.54. The third-order valence-corrected chi connectivity index (χ3v) is 5.68. The molecule has 4 rings (SSSR count). The van der Waals surface area contributed by atoms with Gasteiger partial charge in [0, 0.05) is 16.3 Å². The van der Waals surface area contributed by atoms with Gasteiger partial charge in [-0.2, -0.15) is 0 Å². The van der Waals surface area contributed by atoms with Crippen LogP contribution in [0.4, 0.5) is 0 Å². The lowest BCUT2D eigenvalue weighted by Crippen LogP contribution is -2.06. The number of rotatable bonds is 4. The lowest BCUT2D eigenvalue weighted by Gasteiger charge is -2.16. The summed E-state index contributed by atoms with van der Waals surface area (Å²) in [4.78, 5) is 15.5. The summed E-state index contributed by atoms with van der Waals surface area (Å²) in [6.45, 7) is 2.63. The highest BCUT2D eigenvalue weighted by Crippen LogP contribution is 2.41. The van der Waals surface area contributed by atoms with Crippen LogP contribution in [0, 0.1) is 6.92 Å². The SMILES string of the molecule is COc1cc(C)c2[nH]c(=O)c3sccc3c2c1-c1ccc(CCN)cc1. The molecular formula is C21H20N2O2S. The normalized spacial score (nSPS) is 11.3. The van der Waals surface area contributed by atoms with Crippen LogP contribution < -0.4 is 16.0 Å². The van der Waals surface area contributed by atoms with Gasteiger partial charge in [-0.15, -0.1) is 11.3 Å². The highest BCUT2D eigenvalue weighted by atomic mass is 32.1. The van der Waals surface area contributed by atoms with Crippen LogP contribution in [0.3, 0.4) is 0 Å². The lowest BCUT2D eigenvalue weighted by molar-refractivity contribution is 0.416. The molecule has 5 heteroatoms. The van der Waals surface area contributed by atoms with Gasteiger partial charge in [0.2, 0.25) is 0 Å². The van der Waals surface area contributed by atoms with Gasteiger partial charge in [0.05, 0.1) is 12.6 Å². The van der Waals surface area contributed by atoms with Gasteiger partial charge in [0.25, 0.3) is 5.56 Å². The van der Waals surface area contributed by atoms with Gasteiger partial charge in [0.1, 0.15) is 10.4 Å². The first kappa shape index (κ1) is 16.8. The number of hydrogen-bond donors (Lipinski definition) is 2. The Bertz CT molecular complexity index is 1160. The molecule has 3 N–H and O–H groups in total. The minimum atomic E-state index is -0.0417. The molecule has 0 unspecified atom stereocenters. The van der Waals surface area contributed by atoms with Crippen LogP contribution in [0.15, 0.2) is 46.6 Å². The van der Waals surface area contributed by atoms with E-state index in [2.05, 4.69) is 29.2 Å². The lowest BCUT2D eigenvalue weighted by atomic mass is 9.94. The molecule has 132 valence electrons. The topological polar surface area (TPSA) is 68.1 Å². The standard InChI is InChI=1S/C21H20N2O2S/c1-12-11-16(25-2)17(14-5-3-13(4-6-14)7-9-22)18-15-8-10-26-20(15)21(24)23-19(12)18/h3-6,8,10-11H,7,9,22H2,1-2H3,(H,23,24). The second kappa shape index (κ2) is 6.59. The van der Waals surface area contributed by atoms with Crippen molar-refractivity contribution in [1.82, 2.24) is 4.98 Å². The number of ether oxygens (including phenoxy) is 1. The Hall–Kier alpha value is -2.63. The molecule has 2 aromatic carbocycles. The Morgan fingerprint density at radius 1 is 1.19 bits per heavy atom. The third kappa shape index (κ3) is 2.60. The Labute approximate surface area is 155 Å².